The number of phenols is 1. The first kappa shape index (κ1) is 15.8. The number of hydrogen-bond acceptors (Lipinski definition) is 4. The topological polar surface area (TPSA) is 63.6 Å². The molecule has 0 heterocycles. The molecule has 0 amide bonds. The Bertz CT molecular complexity index is 672. The van der Waals surface area contributed by atoms with Gasteiger partial charge >= 0.3 is 5.97 Å². The van der Waals surface area contributed by atoms with Gasteiger partial charge in [0.1, 0.15) is 5.75 Å². The lowest BCUT2D eigenvalue weighted by Gasteiger charge is -2.07. The first-order chi connectivity index (χ1) is 10.5. The number of carbonyl (C=O) groups excluding carboxylic acids is 2. The largest absolute Gasteiger partial charge is 0.508 e. The molecule has 0 spiro atoms. The van der Waals surface area contributed by atoms with Gasteiger partial charge in [0.05, 0.1) is 5.56 Å². The number of ketones is 1. The lowest BCUT2D eigenvalue weighted by Crippen LogP contribution is -2.14. The van der Waals surface area contributed by atoms with Gasteiger partial charge in [-0.25, -0.2) is 4.79 Å². The second kappa shape index (κ2) is 6.89. The zero-order valence-corrected chi connectivity index (χ0v) is 12.6. The van der Waals surface area contributed by atoms with Gasteiger partial charge in [0.15, 0.2) is 12.4 Å². The van der Waals surface area contributed by atoms with E-state index in [0.717, 1.165) is 5.56 Å². The first-order valence-electron chi connectivity index (χ1n) is 7.06. The van der Waals surface area contributed by atoms with Crippen molar-refractivity contribution in [2.75, 3.05) is 6.61 Å². The van der Waals surface area contributed by atoms with Crippen molar-refractivity contribution in [3.05, 3.63) is 65.2 Å². The van der Waals surface area contributed by atoms with Gasteiger partial charge in [0.2, 0.25) is 0 Å². The van der Waals surface area contributed by atoms with Crippen molar-refractivity contribution in [2.24, 2.45) is 0 Å². The number of carbonyl (C=O) groups is 2. The van der Waals surface area contributed by atoms with Crippen molar-refractivity contribution < 1.29 is 19.4 Å². The number of esters is 1. The smallest absolute Gasteiger partial charge is 0.338 e. The van der Waals surface area contributed by atoms with Gasteiger partial charge in [-0.2, -0.15) is 0 Å². The highest BCUT2D eigenvalue weighted by Gasteiger charge is 2.12. The summed E-state index contributed by atoms with van der Waals surface area (Å²) < 4.78 is 4.98. The van der Waals surface area contributed by atoms with Crippen LogP contribution in [0.3, 0.4) is 0 Å². The maximum Gasteiger partial charge on any atom is 0.338 e. The Morgan fingerprint density at radius 3 is 2.32 bits per heavy atom. The minimum atomic E-state index is -0.636. The van der Waals surface area contributed by atoms with Gasteiger partial charge in [-0.05, 0) is 29.7 Å². The summed E-state index contributed by atoms with van der Waals surface area (Å²) in [5.41, 5.74) is 1.87. The molecule has 0 unspecified atom stereocenters. The summed E-state index contributed by atoms with van der Waals surface area (Å²) in [6, 6.07) is 13.1. The number of hydrogen-bond donors (Lipinski definition) is 1. The van der Waals surface area contributed by atoms with E-state index in [1.54, 1.807) is 18.2 Å². The summed E-state index contributed by atoms with van der Waals surface area (Å²) in [7, 11) is 0. The van der Waals surface area contributed by atoms with Crippen LogP contribution in [0.15, 0.2) is 48.5 Å². The Kier molecular flexibility index (Phi) is 4.94. The van der Waals surface area contributed by atoms with Gasteiger partial charge in [-0.15, -0.1) is 0 Å². The second-order valence-corrected chi connectivity index (χ2v) is 5.33. The molecule has 0 bridgehead atoms. The highest BCUT2D eigenvalue weighted by Crippen LogP contribution is 2.15. The molecular formula is C18H18O4. The van der Waals surface area contributed by atoms with Crippen LogP contribution in [0, 0.1) is 0 Å². The Morgan fingerprint density at radius 2 is 1.73 bits per heavy atom. The van der Waals surface area contributed by atoms with Crippen molar-refractivity contribution in [3.63, 3.8) is 0 Å². The van der Waals surface area contributed by atoms with Crippen LogP contribution in [-0.4, -0.2) is 23.5 Å². The van der Waals surface area contributed by atoms with E-state index in [2.05, 4.69) is 13.8 Å². The van der Waals surface area contributed by atoms with E-state index in [9.17, 15) is 14.7 Å². The molecule has 4 heteroatoms. The average Bonchev–Trinajstić information content (AvgIpc) is 2.52. The monoisotopic (exact) mass is 298 g/mol. The molecule has 2 aromatic rings. The van der Waals surface area contributed by atoms with E-state index >= 15 is 0 Å². The highest BCUT2D eigenvalue weighted by molar-refractivity contribution is 5.99. The fourth-order valence-electron chi connectivity index (χ4n) is 1.98. The van der Waals surface area contributed by atoms with E-state index in [4.69, 9.17) is 4.74 Å². The summed E-state index contributed by atoms with van der Waals surface area (Å²) in [5, 5.41) is 9.31. The number of phenolic OH excluding ortho intramolecular Hbond substituents is 1. The lowest BCUT2D eigenvalue weighted by atomic mass is 10.0. The van der Waals surface area contributed by atoms with Gasteiger partial charge < -0.3 is 9.84 Å². The number of benzene rings is 2. The van der Waals surface area contributed by atoms with Crippen molar-refractivity contribution in [2.45, 2.75) is 19.8 Å². The normalized spacial score (nSPS) is 10.5. The first-order valence-corrected chi connectivity index (χ1v) is 7.06. The van der Waals surface area contributed by atoms with Crippen molar-refractivity contribution in [3.8, 4) is 5.75 Å². The average molecular weight is 298 g/mol. The molecule has 0 aliphatic heterocycles. The number of aromatic hydroxyl groups is 1. The van der Waals surface area contributed by atoms with Gasteiger partial charge in [-0.3, -0.25) is 4.79 Å². The summed E-state index contributed by atoms with van der Waals surface area (Å²) in [5.74, 6) is -0.523. The third-order valence-corrected chi connectivity index (χ3v) is 3.32. The molecule has 22 heavy (non-hydrogen) atoms. The number of ether oxygens (including phenoxy) is 1. The van der Waals surface area contributed by atoms with E-state index < -0.39 is 5.97 Å². The molecule has 0 fully saturated rings. The Balaban J connectivity index is 1.96. The predicted molar refractivity (Wildman–Crippen MR) is 83.3 cm³/mol. The summed E-state index contributed by atoms with van der Waals surface area (Å²) in [6.07, 6.45) is 0. The van der Waals surface area contributed by atoms with E-state index in [1.807, 2.05) is 12.1 Å². The Hall–Kier alpha value is -2.62. The molecule has 0 saturated heterocycles. The standard InChI is InChI=1S/C18H18O4/c1-12(2)13-6-8-14(9-7-13)17(20)11-22-18(21)15-4-3-5-16(19)10-15/h3-10,12,19H,11H2,1-2H3. The Morgan fingerprint density at radius 1 is 1.05 bits per heavy atom. The fraction of sp³-hybridized carbons (Fsp3) is 0.222. The molecule has 2 aromatic carbocycles. The fourth-order valence-corrected chi connectivity index (χ4v) is 1.98. The minimum absolute atomic E-state index is 0.0231. The molecule has 1 N–H and O–H groups in total. The number of Topliss-reactive ketones (excluding diaryl/α,β-unsaturated/α-hetero) is 1. The molecule has 0 saturated carbocycles. The predicted octanol–water partition coefficient (Wildman–Crippen LogP) is 3.56. The van der Waals surface area contributed by atoms with E-state index in [0.29, 0.717) is 11.5 Å². The molecule has 0 aliphatic carbocycles. The van der Waals surface area contributed by atoms with Crippen LogP contribution < -0.4 is 0 Å². The van der Waals surface area contributed by atoms with Gasteiger partial charge in [0, 0.05) is 5.56 Å². The molecule has 0 aromatic heterocycles. The minimum Gasteiger partial charge on any atom is -0.508 e. The maximum atomic E-state index is 12.0. The number of rotatable bonds is 5. The highest BCUT2D eigenvalue weighted by atomic mass is 16.5. The molecule has 2 rings (SSSR count). The zero-order valence-electron chi connectivity index (χ0n) is 12.6. The van der Waals surface area contributed by atoms with Crippen molar-refractivity contribution in [1.29, 1.82) is 0 Å². The van der Waals surface area contributed by atoms with E-state index in [1.165, 1.54) is 18.2 Å². The lowest BCUT2D eigenvalue weighted by molar-refractivity contribution is 0.0474. The zero-order chi connectivity index (χ0) is 16.1. The van der Waals surface area contributed by atoms with E-state index in [-0.39, 0.29) is 23.7 Å². The molecule has 4 nitrogen and oxygen atoms in total. The van der Waals surface area contributed by atoms with Crippen LogP contribution in [0.25, 0.3) is 0 Å². The van der Waals surface area contributed by atoms with Gasteiger partial charge in [0.25, 0.3) is 0 Å². The van der Waals surface area contributed by atoms with Crippen molar-refractivity contribution >= 4 is 11.8 Å². The van der Waals surface area contributed by atoms with Crippen LogP contribution in [0.4, 0.5) is 0 Å². The van der Waals surface area contributed by atoms with Crippen LogP contribution in [0.2, 0.25) is 0 Å². The molecule has 0 aliphatic rings. The van der Waals surface area contributed by atoms with Crippen molar-refractivity contribution in [1.82, 2.24) is 0 Å². The van der Waals surface area contributed by atoms with Crippen LogP contribution in [0.5, 0.6) is 5.75 Å². The summed E-state index contributed by atoms with van der Waals surface area (Å²) in [4.78, 5) is 23.8. The quantitative estimate of drug-likeness (QED) is 0.677. The molecule has 114 valence electrons. The van der Waals surface area contributed by atoms with Crippen LogP contribution >= 0.6 is 0 Å². The maximum absolute atomic E-state index is 12.0. The third kappa shape index (κ3) is 3.95. The second-order valence-electron chi connectivity index (χ2n) is 5.33. The van der Waals surface area contributed by atoms with Crippen LogP contribution in [-0.2, 0) is 4.74 Å². The third-order valence-electron chi connectivity index (χ3n) is 3.32. The Labute approximate surface area is 129 Å². The molecule has 0 atom stereocenters. The molecular weight excluding hydrogens is 280 g/mol. The SMILES string of the molecule is CC(C)c1ccc(C(=O)COC(=O)c2cccc(O)c2)cc1. The summed E-state index contributed by atoms with van der Waals surface area (Å²) in [6.45, 7) is 3.83. The van der Waals surface area contributed by atoms with Gasteiger partial charge in [-0.1, -0.05) is 44.2 Å². The molecule has 0 radical (unpaired) electrons. The summed E-state index contributed by atoms with van der Waals surface area (Å²) >= 11 is 0. The van der Waals surface area contributed by atoms with Crippen LogP contribution in [0.1, 0.15) is 46.0 Å².